The van der Waals surface area contributed by atoms with E-state index in [2.05, 4.69) is 72.8 Å². The lowest BCUT2D eigenvalue weighted by Gasteiger charge is -2.26. The van der Waals surface area contributed by atoms with Gasteiger partial charge < -0.3 is 4.42 Å². The Morgan fingerprint density at radius 3 is 1.96 bits per heavy atom. The number of pyridine rings is 1. The average molecular weight is 709 g/mol. The summed E-state index contributed by atoms with van der Waals surface area (Å²) in [5.41, 5.74) is 6.89. The summed E-state index contributed by atoms with van der Waals surface area (Å²) in [6.45, 7) is 0. The van der Waals surface area contributed by atoms with Gasteiger partial charge in [0.2, 0.25) is 0 Å². The molecule has 55 heavy (non-hydrogen) atoms. The van der Waals surface area contributed by atoms with E-state index in [4.69, 9.17) is 17.1 Å². The fourth-order valence-corrected chi connectivity index (χ4v) is 8.28. The number of fused-ring (bicyclic) bond motifs is 6. The Balaban J connectivity index is 1.08. The third-order valence-corrected chi connectivity index (χ3v) is 10.8. The molecule has 0 fully saturated rings. The Labute approximate surface area is 327 Å². The molecule has 2 unspecified atom stereocenters. The van der Waals surface area contributed by atoms with E-state index in [0.29, 0.717) is 34.0 Å². The van der Waals surface area contributed by atoms with Crippen LogP contribution in [0.1, 0.15) is 25.5 Å². The Kier molecular flexibility index (Phi) is 6.00. The van der Waals surface area contributed by atoms with E-state index >= 15 is 0 Å². The Bertz CT molecular complexity index is 3350. The molecule has 3 nitrogen and oxygen atoms in total. The summed E-state index contributed by atoms with van der Waals surface area (Å²) in [6, 6.07) is 40.2. The lowest BCUT2D eigenvalue weighted by Crippen LogP contribution is -2.16. The van der Waals surface area contributed by atoms with Crippen molar-refractivity contribution in [1.82, 2.24) is 4.98 Å². The van der Waals surface area contributed by atoms with Gasteiger partial charge in [-0.25, -0.2) is 4.98 Å². The molecule has 9 aromatic rings. The number of nitrogens with zero attached hydrogens (tertiary/aromatic N) is 2. The van der Waals surface area contributed by atoms with Crippen molar-refractivity contribution >= 4 is 44.6 Å². The summed E-state index contributed by atoms with van der Waals surface area (Å²) < 4.78 is 61.6. The Hall–Kier alpha value is -7.10. The smallest absolute Gasteiger partial charge is 0.136 e. The van der Waals surface area contributed by atoms with Gasteiger partial charge in [-0.1, -0.05) is 158 Å². The number of benzene rings is 7. The number of aliphatic imine (C=N–C) groups is 1. The summed E-state index contributed by atoms with van der Waals surface area (Å²) in [5, 5.41) is 4.65. The van der Waals surface area contributed by atoms with Crippen molar-refractivity contribution in [3.8, 4) is 56.2 Å². The van der Waals surface area contributed by atoms with E-state index in [1.807, 2.05) is 72.8 Å². The standard InChI is InChI=1S/C52H34N2O/c1-2-12-33(13-3-1)49-42-19-6-8-21-44(42)50(45-22-9-7-20-43(45)49)48-30-29-47(55-48)37-15-10-14-36(32-37)38-26-27-41(40-18-5-4-17-39(38)40)46-28-25-35-24-23-34-16-11-31-53-51(34)52(35)54-46/h1-32,34,51H/i4D,5D,17D,18D,26D,27D. The van der Waals surface area contributed by atoms with Crippen LogP contribution in [0.4, 0.5) is 0 Å². The second-order valence-corrected chi connectivity index (χ2v) is 13.9. The Morgan fingerprint density at radius 1 is 0.527 bits per heavy atom. The van der Waals surface area contributed by atoms with E-state index in [0.717, 1.165) is 43.8 Å². The molecule has 2 aliphatic rings. The fraction of sp³-hybridized carbons (Fsp3) is 0.0385. The van der Waals surface area contributed by atoms with Crippen LogP contribution in [0.3, 0.4) is 0 Å². The first-order valence-corrected chi connectivity index (χ1v) is 18.4. The molecular weight excluding hydrogens is 669 g/mol. The van der Waals surface area contributed by atoms with Gasteiger partial charge in [0.05, 0.1) is 19.6 Å². The first kappa shape index (κ1) is 25.8. The number of dihydropyridines is 1. The third kappa shape index (κ3) is 5.20. The van der Waals surface area contributed by atoms with E-state index in [-0.39, 0.29) is 58.0 Å². The maximum Gasteiger partial charge on any atom is 0.136 e. The highest BCUT2D eigenvalue weighted by Gasteiger charge is 2.27. The Morgan fingerprint density at radius 2 is 1.18 bits per heavy atom. The second-order valence-electron chi connectivity index (χ2n) is 13.9. The molecule has 0 bridgehead atoms. The minimum Gasteiger partial charge on any atom is -0.456 e. The molecule has 7 aromatic carbocycles. The van der Waals surface area contributed by atoms with Crippen LogP contribution >= 0.6 is 0 Å². The molecule has 2 atom stereocenters. The number of hydrogen-bond acceptors (Lipinski definition) is 3. The first-order valence-electron chi connectivity index (χ1n) is 21.4. The van der Waals surface area contributed by atoms with Crippen LogP contribution in [-0.2, 0) is 0 Å². The summed E-state index contributed by atoms with van der Waals surface area (Å²) in [5.74, 6) is 1.30. The van der Waals surface area contributed by atoms with Crippen LogP contribution in [0.25, 0.3) is 94.6 Å². The van der Waals surface area contributed by atoms with Crippen molar-refractivity contribution in [2.45, 2.75) is 6.04 Å². The lowest BCUT2D eigenvalue weighted by atomic mass is 9.86. The molecule has 0 N–H and O–H groups in total. The number of hydrogen-bond donors (Lipinski definition) is 0. The van der Waals surface area contributed by atoms with Crippen LogP contribution < -0.4 is 0 Å². The van der Waals surface area contributed by atoms with Crippen molar-refractivity contribution in [3.05, 3.63) is 193 Å². The van der Waals surface area contributed by atoms with Crippen LogP contribution in [0.5, 0.6) is 0 Å². The normalized spacial score (nSPS) is 17.3. The van der Waals surface area contributed by atoms with Crippen molar-refractivity contribution in [1.29, 1.82) is 0 Å². The monoisotopic (exact) mass is 708 g/mol. The topological polar surface area (TPSA) is 38.4 Å². The van der Waals surface area contributed by atoms with Crippen molar-refractivity contribution in [3.63, 3.8) is 0 Å². The van der Waals surface area contributed by atoms with Gasteiger partial charge in [-0.2, -0.15) is 0 Å². The van der Waals surface area contributed by atoms with Gasteiger partial charge in [0.25, 0.3) is 0 Å². The van der Waals surface area contributed by atoms with Crippen LogP contribution in [0, 0.1) is 5.92 Å². The highest BCUT2D eigenvalue weighted by molar-refractivity contribution is 6.21. The average Bonchev–Trinajstić information content (AvgIpc) is 3.80. The van der Waals surface area contributed by atoms with Crippen LogP contribution in [0.2, 0.25) is 0 Å². The molecule has 1 aliphatic carbocycles. The van der Waals surface area contributed by atoms with E-state index in [1.165, 1.54) is 0 Å². The summed E-state index contributed by atoms with van der Waals surface area (Å²) >= 11 is 0. The highest BCUT2D eigenvalue weighted by Crippen LogP contribution is 2.45. The molecule has 3 heterocycles. The number of allylic oxidation sites excluding steroid dienone is 1. The molecule has 0 radical (unpaired) electrons. The molecule has 0 saturated carbocycles. The summed E-state index contributed by atoms with van der Waals surface area (Å²) in [7, 11) is 0. The SMILES string of the molecule is [2H]c1c([2H])c([2H])c2c(-c3ccc4c(n3)C3N=CC=CC3C=C4)c([2H])c([2H])c(-c3cccc(-c4ccc(-c5c6ccccc6c(-c6ccccc6)c6ccccc56)o4)c3)c2c1[2H]. The van der Waals surface area contributed by atoms with E-state index in [9.17, 15) is 5.48 Å². The molecular formula is C52H34N2O. The summed E-state index contributed by atoms with van der Waals surface area (Å²) in [4.78, 5) is 9.71. The maximum atomic E-state index is 9.52. The zero-order valence-corrected chi connectivity index (χ0v) is 29.5. The van der Waals surface area contributed by atoms with Gasteiger partial charge in [-0.15, -0.1) is 0 Å². The van der Waals surface area contributed by atoms with Gasteiger partial charge in [-0.05, 0) is 90.5 Å². The lowest BCUT2D eigenvalue weighted by molar-refractivity contribution is 0.595. The van der Waals surface area contributed by atoms with Crippen molar-refractivity contribution in [2.24, 2.45) is 10.9 Å². The van der Waals surface area contributed by atoms with Crippen LogP contribution in [-0.4, -0.2) is 11.2 Å². The minimum absolute atomic E-state index is 0.0234. The van der Waals surface area contributed by atoms with Gasteiger partial charge in [0, 0.05) is 28.8 Å². The molecule has 258 valence electrons. The number of rotatable bonds is 5. The predicted molar refractivity (Wildman–Crippen MR) is 229 cm³/mol. The highest BCUT2D eigenvalue weighted by atomic mass is 16.3. The van der Waals surface area contributed by atoms with Gasteiger partial charge in [0.15, 0.2) is 0 Å². The molecule has 0 saturated heterocycles. The molecule has 1 aliphatic heterocycles. The first-order chi connectivity index (χ1) is 29.8. The van der Waals surface area contributed by atoms with Crippen LogP contribution in [0.15, 0.2) is 191 Å². The van der Waals surface area contributed by atoms with Gasteiger partial charge >= 0.3 is 0 Å². The largest absolute Gasteiger partial charge is 0.456 e. The van der Waals surface area contributed by atoms with Crippen molar-refractivity contribution < 1.29 is 12.6 Å². The minimum atomic E-state index is -0.418. The van der Waals surface area contributed by atoms with Gasteiger partial charge in [0.1, 0.15) is 17.6 Å². The quantitative estimate of drug-likeness (QED) is 0.167. The zero-order chi connectivity index (χ0) is 41.5. The molecule has 3 heteroatoms. The maximum absolute atomic E-state index is 9.52. The number of furan rings is 1. The molecule has 0 spiro atoms. The van der Waals surface area contributed by atoms with Gasteiger partial charge in [-0.3, -0.25) is 4.99 Å². The molecule has 2 aromatic heterocycles. The zero-order valence-electron chi connectivity index (χ0n) is 35.5. The van der Waals surface area contributed by atoms with E-state index in [1.54, 1.807) is 12.3 Å². The summed E-state index contributed by atoms with van der Waals surface area (Å²) in [6.07, 6.45) is 9.82. The fourth-order valence-electron chi connectivity index (χ4n) is 8.28. The predicted octanol–water partition coefficient (Wildman–Crippen LogP) is 13.8. The second kappa shape index (κ2) is 12.8. The molecule has 11 rings (SSSR count). The van der Waals surface area contributed by atoms with E-state index < -0.39 is 12.1 Å². The number of aromatic nitrogens is 1. The van der Waals surface area contributed by atoms with Crippen molar-refractivity contribution in [2.75, 3.05) is 0 Å². The molecule has 0 amide bonds. The third-order valence-electron chi connectivity index (χ3n) is 10.8.